The van der Waals surface area contributed by atoms with Crippen molar-refractivity contribution in [2.45, 2.75) is 51.3 Å². The Hall–Kier alpha value is -2.03. The molecule has 6 saturated heterocycles. The zero-order valence-corrected chi connectivity index (χ0v) is 18.4. The van der Waals surface area contributed by atoms with Crippen molar-refractivity contribution in [1.29, 1.82) is 0 Å². The van der Waals surface area contributed by atoms with E-state index < -0.39 is 0 Å². The van der Waals surface area contributed by atoms with Crippen molar-refractivity contribution in [3.8, 4) is 0 Å². The third-order valence-electron chi connectivity index (χ3n) is 7.77. The van der Waals surface area contributed by atoms with E-state index in [0.717, 1.165) is 36.1 Å². The van der Waals surface area contributed by atoms with E-state index in [1.54, 1.807) is 19.3 Å². The minimum absolute atomic E-state index is 0.0983. The molecule has 0 aliphatic carbocycles. The maximum atomic E-state index is 11.2. The number of carbonyl (C=O) groups excluding carboxylic acids is 1. The summed E-state index contributed by atoms with van der Waals surface area (Å²) in [5.74, 6) is 1.65. The van der Waals surface area contributed by atoms with E-state index in [4.69, 9.17) is 5.11 Å². The van der Waals surface area contributed by atoms with Crippen LogP contribution in [0.5, 0.6) is 0 Å². The number of ketones is 1. The number of nitrogens with zero attached hydrogens (tertiary/aromatic N) is 6. The quantitative estimate of drug-likeness (QED) is 0.754. The highest BCUT2D eigenvalue weighted by atomic mass is 16.3. The summed E-state index contributed by atoms with van der Waals surface area (Å²) >= 11 is 0. The summed E-state index contributed by atoms with van der Waals surface area (Å²) in [6.07, 6.45) is 12.5. The van der Waals surface area contributed by atoms with Crippen LogP contribution in [0, 0.1) is 11.8 Å². The first kappa shape index (κ1) is 20.8. The fourth-order valence-corrected chi connectivity index (χ4v) is 5.81. The number of aliphatic hydroxyl groups is 1. The molecule has 2 unspecified atom stereocenters. The Morgan fingerprint density at radius 3 is 1.81 bits per heavy atom. The molecule has 8 heterocycles. The van der Waals surface area contributed by atoms with E-state index in [0.29, 0.717) is 12.1 Å². The van der Waals surface area contributed by atoms with Gasteiger partial charge in [-0.15, -0.1) is 0 Å². The zero-order valence-electron chi connectivity index (χ0n) is 18.4. The van der Waals surface area contributed by atoms with Crippen LogP contribution in [0.1, 0.15) is 60.6 Å². The van der Waals surface area contributed by atoms with E-state index in [-0.39, 0.29) is 12.4 Å². The number of aliphatic hydroxyl groups excluding tert-OH is 1. The molecule has 0 radical (unpaired) electrons. The van der Waals surface area contributed by atoms with Crippen LogP contribution >= 0.6 is 0 Å². The molecule has 0 spiro atoms. The van der Waals surface area contributed by atoms with E-state index in [1.807, 2.05) is 17.1 Å². The molecule has 0 aromatic carbocycles. The maximum Gasteiger partial charge on any atom is 0.162 e. The summed E-state index contributed by atoms with van der Waals surface area (Å²) in [5.41, 5.74) is 1.66. The monoisotopic (exact) mass is 426 g/mol. The van der Waals surface area contributed by atoms with Crippen LogP contribution in [0.3, 0.4) is 0 Å². The molecule has 0 amide bonds. The molecule has 168 valence electrons. The molecule has 6 aliphatic heterocycles. The lowest BCUT2D eigenvalue weighted by Gasteiger charge is -2.44. The van der Waals surface area contributed by atoms with E-state index in [1.165, 1.54) is 51.9 Å². The van der Waals surface area contributed by atoms with Crippen molar-refractivity contribution in [3.05, 3.63) is 35.9 Å². The second-order valence-corrected chi connectivity index (χ2v) is 9.66. The van der Waals surface area contributed by atoms with Gasteiger partial charge in [-0.1, -0.05) is 0 Å². The van der Waals surface area contributed by atoms with Crippen molar-refractivity contribution in [1.82, 2.24) is 29.4 Å². The highest BCUT2D eigenvalue weighted by Gasteiger charge is 2.36. The number of carbonyl (C=O) groups is 1. The molecular weight excluding hydrogens is 392 g/mol. The van der Waals surface area contributed by atoms with Crippen molar-refractivity contribution < 1.29 is 9.90 Å². The Labute approximate surface area is 183 Å². The molecule has 6 fully saturated rings. The second kappa shape index (κ2) is 8.84. The largest absolute Gasteiger partial charge is 0.392 e. The first-order valence-corrected chi connectivity index (χ1v) is 11.7. The van der Waals surface area contributed by atoms with Gasteiger partial charge in [0.1, 0.15) is 0 Å². The van der Waals surface area contributed by atoms with Gasteiger partial charge in [-0.25, -0.2) is 0 Å². The number of fused-ring (bicyclic) bond motifs is 6. The predicted molar refractivity (Wildman–Crippen MR) is 117 cm³/mol. The van der Waals surface area contributed by atoms with Crippen LogP contribution in [-0.2, 0) is 6.61 Å². The summed E-state index contributed by atoms with van der Waals surface area (Å²) in [6.45, 7) is 8.93. The van der Waals surface area contributed by atoms with Gasteiger partial charge in [-0.3, -0.25) is 14.2 Å². The molecule has 2 aromatic rings. The number of rotatable bonds is 4. The van der Waals surface area contributed by atoms with E-state index in [2.05, 4.69) is 24.7 Å². The number of hydrogen-bond acceptors (Lipinski definition) is 6. The standard InChI is InChI=1S/C12H17N3O.C11H17N3O/c1-9(16)11-6-13-15(7-11)12-8-14-4-2-10(12)3-5-14;15-8-9-5-12-14(6-9)11-7-13-3-1-10(11)2-4-13/h6-7,10,12H,2-5,8H2,1H3;5-6,10-11,15H,1-4,7-8H2. The Morgan fingerprint density at radius 1 is 0.903 bits per heavy atom. The zero-order chi connectivity index (χ0) is 21.4. The van der Waals surface area contributed by atoms with Gasteiger partial charge in [-0.2, -0.15) is 10.2 Å². The van der Waals surface area contributed by atoms with E-state index in [9.17, 15) is 4.79 Å². The van der Waals surface area contributed by atoms with Crippen LogP contribution in [-0.4, -0.2) is 79.5 Å². The van der Waals surface area contributed by atoms with E-state index >= 15 is 0 Å². The van der Waals surface area contributed by atoms with Gasteiger partial charge < -0.3 is 14.9 Å². The van der Waals surface area contributed by atoms with Gasteiger partial charge in [0.15, 0.2) is 5.78 Å². The minimum Gasteiger partial charge on any atom is -0.392 e. The lowest BCUT2D eigenvalue weighted by molar-refractivity contribution is 0.0512. The summed E-state index contributed by atoms with van der Waals surface area (Å²) < 4.78 is 4.06. The van der Waals surface area contributed by atoms with Crippen LogP contribution < -0.4 is 0 Å². The summed E-state index contributed by atoms with van der Waals surface area (Å²) in [6, 6.07) is 1.02. The molecule has 4 bridgehead atoms. The smallest absolute Gasteiger partial charge is 0.162 e. The van der Waals surface area contributed by atoms with Crippen molar-refractivity contribution in [2.24, 2.45) is 11.8 Å². The number of aromatic nitrogens is 4. The molecule has 2 aromatic heterocycles. The van der Waals surface area contributed by atoms with Gasteiger partial charge in [0, 0.05) is 31.0 Å². The first-order valence-electron chi connectivity index (χ1n) is 11.7. The summed E-state index contributed by atoms with van der Waals surface area (Å²) in [7, 11) is 0. The molecular formula is C23H34N6O2. The summed E-state index contributed by atoms with van der Waals surface area (Å²) in [5, 5.41) is 17.7. The molecule has 1 N–H and O–H groups in total. The Balaban J connectivity index is 0.000000132. The van der Waals surface area contributed by atoms with Gasteiger partial charge >= 0.3 is 0 Å². The average molecular weight is 427 g/mol. The molecule has 31 heavy (non-hydrogen) atoms. The molecule has 8 heteroatoms. The number of Topliss-reactive ketones (excluding diaryl/α,β-unsaturated/α-hetero) is 1. The second-order valence-electron chi connectivity index (χ2n) is 9.66. The third kappa shape index (κ3) is 4.33. The normalized spacial score (nSPS) is 33.7. The number of hydrogen-bond donors (Lipinski definition) is 1. The van der Waals surface area contributed by atoms with Crippen molar-refractivity contribution >= 4 is 5.78 Å². The molecule has 6 aliphatic rings. The van der Waals surface area contributed by atoms with Gasteiger partial charge in [0.25, 0.3) is 0 Å². The Morgan fingerprint density at radius 2 is 1.42 bits per heavy atom. The highest BCUT2D eigenvalue weighted by molar-refractivity contribution is 5.93. The molecule has 8 rings (SSSR count). The Bertz CT molecular complexity index is 892. The predicted octanol–water partition coefficient (Wildman–Crippen LogP) is 1.99. The van der Waals surface area contributed by atoms with Gasteiger partial charge in [0.05, 0.1) is 36.6 Å². The molecule has 8 nitrogen and oxygen atoms in total. The van der Waals surface area contributed by atoms with Crippen molar-refractivity contribution in [3.63, 3.8) is 0 Å². The summed E-state index contributed by atoms with van der Waals surface area (Å²) in [4.78, 5) is 16.3. The fraction of sp³-hybridized carbons (Fsp3) is 0.696. The van der Waals surface area contributed by atoms with Crippen LogP contribution in [0.2, 0.25) is 0 Å². The lowest BCUT2D eigenvalue weighted by Crippen LogP contribution is -2.48. The molecule has 2 atom stereocenters. The first-order chi connectivity index (χ1) is 15.1. The fourth-order valence-electron chi connectivity index (χ4n) is 5.81. The maximum absolute atomic E-state index is 11.2. The SMILES string of the molecule is CC(=O)c1cnn(C2CN3CCC2CC3)c1.OCc1cnn(C2CN3CCC2CC3)c1. The van der Waals surface area contributed by atoms with Crippen LogP contribution in [0.15, 0.2) is 24.8 Å². The number of piperidine rings is 6. The average Bonchev–Trinajstić information content (AvgIpc) is 3.51. The highest BCUT2D eigenvalue weighted by Crippen LogP contribution is 2.36. The lowest BCUT2D eigenvalue weighted by atomic mass is 9.84. The van der Waals surface area contributed by atoms with Crippen LogP contribution in [0.4, 0.5) is 0 Å². The van der Waals surface area contributed by atoms with Gasteiger partial charge in [0.2, 0.25) is 0 Å². The third-order valence-corrected chi connectivity index (χ3v) is 7.77. The molecule has 0 saturated carbocycles. The van der Waals surface area contributed by atoms with Crippen LogP contribution in [0.25, 0.3) is 0 Å². The minimum atomic E-state index is 0.0983. The topological polar surface area (TPSA) is 79.4 Å². The Kier molecular flexibility index (Phi) is 5.95. The van der Waals surface area contributed by atoms with Crippen molar-refractivity contribution in [2.75, 3.05) is 39.3 Å². The van der Waals surface area contributed by atoms with Gasteiger partial charge in [-0.05, 0) is 70.6 Å².